The van der Waals surface area contributed by atoms with Gasteiger partial charge in [0.15, 0.2) is 0 Å². The average Bonchev–Trinajstić information content (AvgIpc) is 2.39. The third kappa shape index (κ3) is 3.54. The summed E-state index contributed by atoms with van der Waals surface area (Å²) in [6.07, 6.45) is -0.925. The van der Waals surface area contributed by atoms with Crippen molar-refractivity contribution in [2.75, 3.05) is 0 Å². The summed E-state index contributed by atoms with van der Waals surface area (Å²) >= 11 is 8.89. The predicted molar refractivity (Wildman–Crippen MR) is 81.0 cm³/mol. The van der Waals surface area contributed by atoms with Gasteiger partial charge in [0.05, 0.1) is 15.6 Å². The molecule has 0 aromatic heterocycles. The molecule has 6 heteroatoms. The van der Waals surface area contributed by atoms with Gasteiger partial charge in [-0.3, -0.25) is 0 Å². The molecule has 0 spiro atoms. The van der Waals surface area contributed by atoms with Crippen molar-refractivity contribution in [3.63, 3.8) is 0 Å². The van der Waals surface area contributed by atoms with Crippen molar-refractivity contribution in [1.82, 2.24) is 0 Å². The molecule has 21 heavy (non-hydrogen) atoms. The first-order valence-electron chi connectivity index (χ1n) is 6.10. The summed E-state index contributed by atoms with van der Waals surface area (Å²) < 4.78 is 33.2. The summed E-state index contributed by atoms with van der Waals surface area (Å²) in [5.74, 6) is -0.636. The first-order valence-corrected chi connectivity index (χ1v) is 7.27. The van der Waals surface area contributed by atoms with Crippen LogP contribution in [0.4, 0.5) is 8.78 Å². The summed E-state index contributed by atoms with van der Waals surface area (Å²) in [7, 11) is 0. The van der Waals surface area contributed by atoms with Gasteiger partial charge in [0.1, 0.15) is 23.1 Å². The van der Waals surface area contributed by atoms with Crippen molar-refractivity contribution in [2.24, 2.45) is 0 Å². The monoisotopic (exact) mass is 376 g/mol. The summed E-state index contributed by atoms with van der Waals surface area (Å²) in [6.45, 7) is 3.07. The molecule has 112 valence electrons. The number of aryl methyl sites for hydroxylation is 1. The van der Waals surface area contributed by atoms with Gasteiger partial charge in [-0.2, -0.15) is 0 Å². The molecule has 0 amide bonds. The number of ether oxygens (including phenoxy) is 1. The smallest absolute Gasteiger partial charge is 0.145 e. The van der Waals surface area contributed by atoms with Gasteiger partial charge in [0.25, 0.3) is 0 Å². The van der Waals surface area contributed by atoms with E-state index in [-0.39, 0.29) is 22.1 Å². The van der Waals surface area contributed by atoms with Crippen LogP contribution in [0.1, 0.15) is 24.2 Å². The molecule has 0 saturated carbocycles. The quantitative estimate of drug-likeness (QED) is 0.712. The number of hydrogen-bond acceptors (Lipinski definition) is 2. The lowest BCUT2D eigenvalue weighted by Gasteiger charge is -2.15. The van der Waals surface area contributed by atoms with Gasteiger partial charge in [0, 0.05) is 11.6 Å². The van der Waals surface area contributed by atoms with Crippen LogP contribution in [0.15, 0.2) is 28.7 Å². The van der Waals surface area contributed by atoms with Gasteiger partial charge in [-0.15, -0.1) is 0 Å². The van der Waals surface area contributed by atoms with Crippen molar-refractivity contribution in [1.29, 1.82) is 0 Å². The lowest BCUT2D eigenvalue weighted by molar-refractivity contribution is 0.195. The topological polar surface area (TPSA) is 29.5 Å². The molecule has 1 N–H and O–H groups in total. The molecule has 2 aromatic rings. The molecule has 2 nitrogen and oxygen atoms in total. The molecule has 0 aliphatic heterocycles. The Bertz CT molecular complexity index is 690. The fourth-order valence-corrected chi connectivity index (χ4v) is 2.51. The molecule has 0 radical (unpaired) electrons. The van der Waals surface area contributed by atoms with E-state index in [1.165, 1.54) is 25.1 Å². The molecule has 0 fully saturated rings. The van der Waals surface area contributed by atoms with Crippen LogP contribution in [0.2, 0.25) is 5.02 Å². The third-order valence-electron chi connectivity index (χ3n) is 2.94. The van der Waals surface area contributed by atoms with E-state index in [0.717, 1.165) is 6.07 Å². The standard InChI is InChI=1S/C15H12BrClF2O2/c1-7-3-14(9(8(2)20)4-12(7)18)21-15-6-13(19)11(17)5-10(15)16/h3-6,8,20H,1-2H3. The molecule has 2 aromatic carbocycles. The highest BCUT2D eigenvalue weighted by atomic mass is 79.9. The minimum absolute atomic E-state index is 0.0414. The Labute approximate surface area is 134 Å². The number of rotatable bonds is 3. The number of hydrogen-bond donors (Lipinski definition) is 1. The van der Waals surface area contributed by atoms with Crippen molar-refractivity contribution in [3.8, 4) is 11.5 Å². The van der Waals surface area contributed by atoms with E-state index in [1.807, 2.05) is 0 Å². The number of halogens is 4. The van der Waals surface area contributed by atoms with Crippen molar-refractivity contribution >= 4 is 27.5 Å². The number of aliphatic hydroxyl groups is 1. The van der Waals surface area contributed by atoms with E-state index in [1.54, 1.807) is 6.92 Å². The second kappa shape index (κ2) is 6.30. The van der Waals surface area contributed by atoms with E-state index < -0.39 is 17.7 Å². The molecule has 0 saturated heterocycles. The lowest BCUT2D eigenvalue weighted by atomic mass is 10.1. The Morgan fingerprint density at radius 1 is 1.14 bits per heavy atom. The van der Waals surface area contributed by atoms with Crippen LogP contribution < -0.4 is 4.74 Å². The Morgan fingerprint density at radius 3 is 2.43 bits per heavy atom. The zero-order valence-corrected chi connectivity index (χ0v) is 13.6. The van der Waals surface area contributed by atoms with E-state index >= 15 is 0 Å². The zero-order valence-electron chi connectivity index (χ0n) is 11.3. The van der Waals surface area contributed by atoms with Crippen molar-refractivity contribution in [3.05, 3.63) is 56.5 Å². The SMILES string of the molecule is Cc1cc(Oc2cc(F)c(Cl)cc2Br)c(C(C)O)cc1F. The van der Waals surface area contributed by atoms with Crippen LogP contribution in [-0.4, -0.2) is 5.11 Å². The summed E-state index contributed by atoms with van der Waals surface area (Å²) in [6, 6.07) is 5.15. The van der Waals surface area contributed by atoms with Crippen LogP contribution in [0.5, 0.6) is 11.5 Å². The first-order chi connectivity index (χ1) is 9.79. The van der Waals surface area contributed by atoms with Gasteiger partial charge in [-0.25, -0.2) is 8.78 Å². The van der Waals surface area contributed by atoms with E-state index in [2.05, 4.69) is 15.9 Å². The zero-order chi connectivity index (χ0) is 15.7. The maximum atomic E-state index is 13.6. The Balaban J connectivity index is 2.48. The van der Waals surface area contributed by atoms with Gasteiger partial charge in [-0.1, -0.05) is 11.6 Å². The number of benzene rings is 2. The predicted octanol–water partition coefficient (Wildman–Crippen LogP) is 5.53. The lowest BCUT2D eigenvalue weighted by Crippen LogP contribution is -1.99. The van der Waals surface area contributed by atoms with Gasteiger partial charge in [0.2, 0.25) is 0 Å². The molecule has 0 aliphatic rings. The van der Waals surface area contributed by atoms with Crippen molar-refractivity contribution < 1.29 is 18.6 Å². The van der Waals surface area contributed by atoms with E-state index in [9.17, 15) is 13.9 Å². The molecule has 0 heterocycles. The molecule has 0 aliphatic carbocycles. The molecular weight excluding hydrogens is 366 g/mol. The first kappa shape index (κ1) is 16.2. The van der Waals surface area contributed by atoms with Crippen molar-refractivity contribution in [2.45, 2.75) is 20.0 Å². The van der Waals surface area contributed by atoms with E-state index in [4.69, 9.17) is 16.3 Å². The summed E-state index contributed by atoms with van der Waals surface area (Å²) in [5, 5.41) is 9.67. The second-order valence-corrected chi connectivity index (χ2v) is 5.88. The Kier molecular flexibility index (Phi) is 4.86. The normalized spacial score (nSPS) is 12.3. The molecule has 1 unspecified atom stereocenters. The average molecular weight is 378 g/mol. The maximum Gasteiger partial charge on any atom is 0.145 e. The van der Waals surface area contributed by atoms with Crippen LogP contribution >= 0.6 is 27.5 Å². The number of aliphatic hydroxyl groups excluding tert-OH is 1. The third-order valence-corrected chi connectivity index (χ3v) is 3.85. The fourth-order valence-electron chi connectivity index (χ4n) is 1.79. The minimum atomic E-state index is -0.925. The Hall–Kier alpha value is -1.17. The van der Waals surface area contributed by atoms with Crippen LogP contribution in [0.25, 0.3) is 0 Å². The maximum absolute atomic E-state index is 13.6. The molecular formula is C15H12BrClF2O2. The van der Waals surface area contributed by atoms with Crippen LogP contribution in [0.3, 0.4) is 0 Å². The minimum Gasteiger partial charge on any atom is -0.456 e. The molecule has 2 rings (SSSR count). The highest BCUT2D eigenvalue weighted by molar-refractivity contribution is 9.10. The highest BCUT2D eigenvalue weighted by Crippen LogP contribution is 2.37. The molecule has 1 atom stereocenters. The largest absolute Gasteiger partial charge is 0.456 e. The van der Waals surface area contributed by atoms with Crippen LogP contribution in [-0.2, 0) is 0 Å². The van der Waals surface area contributed by atoms with Crippen LogP contribution in [0, 0.1) is 18.6 Å². The highest BCUT2D eigenvalue weighted by Gasteiger charge is 2.16. The van der Waals surface area contributed by atoms with Gasteiger partial charge >= 0.3 is 0 Å². The van der Waals surface area contributed by atoms with E-state index in [0.29, 0.717) is 10.0 Å². The van der Waals surface area contributed by atoms with Gasteiger partial charge in [-0.05, 0) is 53.5 Å². The van der Waals surface area contributed by atoms with Gasteiger partial charge < -0.3 is 9.84 Å². The summed E-state index contributed by atoms with van der Waals surface area (Å²) in [5.41, 5.74) is 0.639. The fraction of sp³-hybridized carbons (Fsp3) is 0.200. The summed E-state index contributed by atoms with van der Waals surface area (Å²) in [4.78, 5) is 0. The Morgan fingerprint density at radius 2 is 1.81 bits per heavy atom. The molecule has 0 bridgehead atoms. The second-order valence-electron chi connectivity index (χ2n) is 4.61.